The molecule has 34 heavy (non-hydrogen) atoms. The van der Waals surface area contributed by atoms with Crippen molar-refractivity contribution in [3.63, 3.8) is 0 Å². The summed E-state index contributed by atoms with van der Waals surface area (Å²) in [7, 11) is -3.73. The Labute approximate surface area is 202 Å². The molecule has 0 unspecified atom stereocenters. The summed E-state index contributed by atoms with van der Waals surface area (Å²) in [6.45, 7) is 4.46. The molecule has 1 amide bonds. The number of fused-ring (bicyclic) bond motifs is 1. The fourth-order valence-corrected chi connectivity index (χ4v) is 5.73. The van der Waals surface area contributed by atoms with Crippen LogP contribution < -0.4 is 14.9 Å². The molecule has 2 aromatic carbocycles. The van der Waals surface area contributed by atoms with Crippen molar-refractivity contribution in [1.82, 2.24) is 23.7 Å². The number of nitrogens with one attached hydrogen (secondary N) is 2. The van der Waals surface area contributed by atoms with E-state index >= 15 is 0 Å². The topological polar surface area (TPSA) is 108 Å². The Hall–Kier alpha value is -2.67. The Balaban J connectivity index is 1.12. The Morgan fingerprint density at radius 1 is 1.03 bits per heavy atom. The number of amides is 1. The molecule has 182 valence electrons. The van der Waals surface area contributed by atoms with Gasteiger partial charge in [0.1, 0.15) is 21.7 Å². The van der Waals surface area contributed by atoms with E-state index in [0.717, 1.165) is 44.5 Å². The van der Waals surface area contributed by atoms with E-state index in [9.17, 15) is 17.6 Å². The lowest BCUT2D eigenvalue weighted by Crippen LogP contribution is -2.48. The highest BCUT2D eigenvalue weighted by Crippen LogP contribution is 2.21. The smallest absolute Gasteiger partial charge is 0.242 e. The summed E-state index contributed by atoms with van der Waals surface area (Å²) >= 11 is 0.967. The average molecular weight is 507 g/mol. The van der Waals surface area contributed by atoms with Crippen LogP contribution in [0.3, 0.4) is 0 Å². The number of anilines is 1. The maximum Gasteiger partial charge on any atom is 0.242 e. The standard InChI is InChI=1S/C22H27FN6O3S2/c23-17-5-1-2-7-19(17)29-15-13-28(14-16-29)12-11-24-21(30)9-4-10-25-34(31,32)20-8-3-6-18-22(20)27-33-26-18/h1-3,5-8,25H,4,9-16H2,(H,24,30). The van der Waals surface area contributed by atoms with Crippen molar-refractivity contribution in [3.8, 4) is 0 Å². The summed E-state index contributed by atoms with van der Waals surface area (Å²) in [5.74, 6) is -0.322. The predicted molar refractivity (Wildman–Crippen MR) is 130 cm³/mol. The lowest BCUT2D eigenvalue weighted by Gasteiger charge is -2.36. The van der Waals surface area contributed by atoms with Crippen LogP contribution in [0.1, 0.15) is 12.8 Å². The lowest BCUT2D eigenvalue weighted by atomic mass is 10.2. The van der Waals surface area contributed by atoms with E-state index in [1.807, 2.05) is 11.0 Å². The summed E-state index contributed by atoms with van der Waals surface area (Å²) < 4.78 is 49.7. The number of carbonyl (C=O) groups excluding carboxylic acids is 1. The first kappa shape index (κ1) is 24.5. The zero-order valence-corrected chi connectivity index (χ0v) is 20.2. The van der Waals surface area contributed by atoms with E-state index in [1.54, 1.807) is 24.3 Å². The number of sulfonamides is 1. The van der Waals surface area contributed by atoms with Gasteiger partial charge in [-0.2, -0.15) is 8.75 Å². The van der Waals surface area contributed by atoms with Crippen molar-refractivity contribution in [1.29, 1.82) is 0 Å². The fraction of sp³-hybridized carbons (Fsp3) is 0.409. The van der Waals surface area contributed by atoms with Gasteiger partial charge in [-0.25, -0.2) is 17.5 Å². The van der Waals surface area contributed by atoms with Crippen LogP contribution in [0.15, 0.2) is 47.4 Å². The maximum atomic E-state index is 13.9. The third kappa shape index (κ3) is 6.06. The van der Waals surface area contributed by atoms with E-state index < -0.39 is 10.0 Å². The van der Waals surface area contributed by atoms with Gasteiger partial charge in [-0.15, -0.1) is 0 Å². The van der Waals surface area contributed by atoms with Gasteiger partial charge in [0, 0.05) is 52.2 Å². The number of para-hydroxylation sites is 1. The predicted octanol–water partition coefficient (Wildman–Crippen LogP) is 1.83. The van der Waals surface area contributed by atoms with E-state index in [-0.39, 0.29) is 29.6 Å². The highest BCUT2D eigenvalue weighted by Gasteiger charge is 2.20. The number of benzene rings is 2. The van der Waals surface area contributed by atoms with Gasteiger partial charge in [0.05, 0.1) is 17.4 Å². The monoisotopic (exact) mass is 506 g/mol. The van der Waals surface area contributed by atoms with Crippen molar-refractivity contribution in [2.75, 3.05) is 50.7 Å². The molecule has 0 spiro atoms. The van der Waals surface area contributed by atoms with E-state index in [4.69, 9.17) is 0 Å². The molecule has 0 atom stereocenters. The molecule has 9 nitrogen and oxygen atoms in total. The second kappa shape index (κ2) is 11.2. The molecule has 0 saturated carbocycles. The molecule has 1 fully saturated rings. The first-order valence-corrected chi connectivity index (χ1v) is 13.3. The zero-order valence-electron chi connectivity index (χ0n) is 18.6. The summed E-state index contributed by atoms with van der Waals surface area (Å²) in [6, 6.07) is 11.6. The Morgan fingerprint density at radius 3 is 2.62 bits per heavy atom. The summed E-state index contributed by atoms with van der Waals surface area (Å²) in [5.41, 5.74) is 1.53. The van der Waals surface area contributed by atoms with Crippen molar-refractivity contribution in [2.45, 2.75) is 17.7 Å². The van der Waals surface area contributed by atoms with Gasteiger partial charge in [0.2, 0.25) is 15.9 Å². The number of halogens is 1. The van der Waals surface area contributed by atoms with Gasteiger partial charge in [0.25, 0.3) is 0 Å². The molecule has 2 N–H and O–H groups in total. The minimum absolute atomic E-state index is 0.0956. The second-order valence-electron chi connectivity index (χ2n) is 8.02. The van der Waals surface area contributed by atoms with E-state index in [0.29, 0.717) is 29.7 Å². The number of rotatable bonds is 10. The largest absolute Gasteiger partial charge is 0.367 e. The van der Waals surface area contributed by atoms with Crippen molar-refractivity contribution in [3.05, 3.63) is 48.3 Å². The molecule has 1 saturated heterocycles. The van der Waals surface area contributed by atoms with Crippen LogP contribution in [0, 0.1) is 5.82 Å². The third-order valence-electron chi connectivity index (χ3n) is 5.73. The highest BCUT2D eigenvalue weighted by atomic mass is 32.2. The molecule has 1 aromatic heterocycles. The molecule has 4 rings (SSSR count). The number of hydrogen-bond acceptors (Lipinski definition) is 8. The Bertz CT molecular complexity index is 1230. The molecule has 3 aromatic rings. The minimum Gasteiger partial charge on any atom is -0.367 e. The SMILES string of the molecule is O=C(CCCNS(=O)(=O)c1cccc2nsnc12)NCCN1CCN(c2ccccc2F)CC1. The molecule has 0 radical (unpaired) electrons. The van der Waals surface area contributed by atoms with Crippen LogP contribution in [0.2, 0.25) is 0 Å². The number of nitrogens with zero attached hydrogens (tertiary/aromatic N) is 4. The number of aromatic nitrogens is 2. The van der Waals surface area contributed by atoms with Gasteiger partial charge in [-0.3, -0.25) is 9.69 Å². The van der Waals surface area contributed by atoms with Crippen LogP contribution in [0.5, 0.6) is 0 Å². The van der Waals surface area contributed by atoms with Gasteiger partial charge in [-0.1, -0.05) is 18.2 Å². The van der Waals surface area contributed by atoms with Crippen molar-refractivity contribution < 1.29 is 17.6 Å². The van der Waals surface area contributed by atoms with Crippen molar-refractivity contribution >= 4 is 44.4 Å². The molecular weight excluding hydrogens is 479 g/mol. The summed E-state index contributed by atoms with van der Waals surface area (Å²) in [6.07, 6.45) is 0.615. The lowest BCUT2D eigenvalue weighted by molar-refractivity contribution is -0.121. The summed E-state index contributed by atoms with van der Waals surface area (Å²) in [5, 5.41) is 2.88. The fourth-order valence-electron chi connectivity index (χ4n) is 3.89. The average Bonchev–Trinajstić information content (AvgIpc) is 3.32. The molecule has 1 aliphatic rings. The molecule has 0 bridgehead atoms. The molecule has 1 aliphatic heterocycles. The quantitative estimate of drug-likeness (QED) is 0.404. The Kier molecular flexibility index (Phi) is 8.03. The van der Waals surface area contributed by atoms with Crippen LogP contribution in [0.25, 0.3) is 11.0 Å². The van der Waals surface area contributed by atoms with Crippen LogP contribution >= 0.6 is 11.7 Å². The molecule has 12 heteroatoms. The summed E-state index contributed by atoms with van der Waals surface area (Å²) in [4.78, 5) is 16.5. The molecule has 0 aliphatic carbocycles. The molecular formula is C22H27FN6O3S2. The van der Waals surface area contributed by atoms with E-state index in [2.05, 4.69) is 23.7 Å². The number of hydrogen-bond donors (Lipinski definition) is 2. The first-order chi connectivity index (χ1) is 16.4. The van der Waals surface area contributed by atoms with E-state index in [1.165, 1.54) is 12.1 Å². The number of carbonyl (C=O) groups is 1. The first-order valence-electron chi connectivity index (χ1n) is 11.1. The van der Waals surface area contributed by atoms with Gasteiger partial charge in [0.15, 0.2) is 0 Å². The highest BCUT2D eigenvalue weighted by molar-refractivity contribution is 7.89. The van der Waals surface area contributed by atoms with Crippen LogP contribution in [-0.2, 0) is 14.8 Å². The van der Waals surface area contributed by atoms with Crippen molar-refractivity contribution in [2.24, 2.45) is 0 Å². The van der Waals surface area contributed by atoms with Crippen LogP contribution in [-0.4, -0.2) is 73.8 Å². The normalized spacial score (nSPS) is 15.0. The Morgan fingerprint density at radius 2 is 1.82 bits per heavy atom. The maximum absolute atomic E-state index is 13.9. The van der Waals surface area contributed by atoms with Gasteiger partial charge < -0.3 is 10.2 Å². The van der Waals surface area contributed by atoms with Gasteiger partial charge in [-0.05, 0) is 30.7 Å². The van der Waals surface area contributed by atoms with Gasteiger partial charge >= 0.3 is 0 Å². The zero-order chi connectivity index (χ0) is 24.0. The third-order valence-corrected chi connectivity index (χ3v) is 7.76. The number of piperazine rings is 1. The minimum atomic E-state index is -3.73. The van der Waals surface area contributed by atoms with Crippen LogP contribution in [0.4, 0.5) is 10.1 Å². The molecule has 2 heterocycles. The second-order valence-corrected chi connectivity index (χ2v) is 10.3.